The van der Waals surface area contributed by atoms with Crippen LogP contribution in [0.3, 0.4) is 0 Å². The van der Waals surface area contributed by atoms with Gasteiger partial charge in [-0.15, -0.1) is 0 Å². The van der Waals surface area contributed by atoms with Crippen molar-refractivity contribution in [1.29, 1.82) is 0 Å². The van der Waals surface area contributed by atoms with E-state index in [0.717, 1.165) is 21.8 Å². The highest BCUT2D eigenvalue weighted by atomic mass is 79.9. The zero-order valence-electron chi connectivity index (χ0n) is 13.5. The average molecular weight is 499 g/mol. The number of imide groups is 1. The molecule has 1 heterocycles. The molecule has 3 rings (SSSR count). The minimum Gasteiger partial charge on any atom is -0.503 e. The number of carbonyl (C=O) groups excluding carboxylic acids is 2. The van der Waals surface area contributed by atoms with Crippen LogP contribution in [0.15, 0.2) is 50.2 Å². The summed E-state index contributed by atoms with van der Waals surface area (Å²) in [6.45, 7) is 0.220. The Morgan fingerprint density at radius 2 is 1.88 bits per heavy atom. The molecule has 0 aromatic heterocycles. The molecule has 0 atom stereocenters. The summed E-state index contributed by atoms with van der Waals surface area (Å²) in [5.74, 6) is -0.0845. The summed E-state index contributed by atoms with van der Waals surface area (Å²) in [5.41, 5.74) is 1.51. The Kier molecular flexibility index (Phi) is 5.74. The largest absolute Gasteiger partial charge is 0.503 e. The second-order valence-corrected chi connectivity index (χ2v) is 8.21. The molecule has 0 aliphatic carbocycles. The van der Waals surface area contributed by atoms with E-state index in [4.69, 9.17) is 4.74 Å². The van der Waals surface area contributed by atoms with Crippen molar-refractivity contribution in [3.05, 3.63) is 61.4 Å². The molecule has 1 fully saturated rings. The van der Waals surface area contributed by atoms with Gasteiger partial charge < -0.3 is 9.84 Å². The number of hydrogen-bond acceptors (Lipinski definition) is 5. The van der Waals surface area contributed by atoms with Gasteiger partial charge in [-0.05, 0) is 69.2 Å². The summed E-state index contributed by atoms with van der Waals surface area (Å²) in [5, 5.41) is 9.56. The third-order valence-electron chi connectivity index (χ3n) is 3.70. The zero-order chi connectivity index (χ0) is 18.8. The van der Waals surface area contributed by atoms with E-state index in [0.29, 0.717) is 14.9 Å². The Labute approximate surface area is 171 Å². The predicted molar refractivity (Wildman–Crippen MR) is 108 cm³/mol. The molecule has 0 bridgehead atoms. The van der Waals surface area contributed by atoms with Gasteiger partial charge in [0.1, 0.15) is 0 Å². The van der Waals surface area contributed by atoms with Crippen LogP contribution >= 0.6 is 43.6 Å². The fourth-order valence-electron chi connectivity index (χ4n) is 2.39. The minimum absolute atomic E-state index is 0.0204. The number of rotatable bonds is 4. The Morgan fingerprint density at radius 1 is 1.19 bits per heavy atom. The van der Waals surface area contributed by atoms with E-state index in [1.165, 1.54) is 12.0 Å². The van der Waals surface area contributed by atoms with Crippen LogP contribution in [0.4, 0.5) is 4.79 Å². The Morgan fingerprint density at radius 3 is 2.54 bits per heavy atom. The first kappa shape index (κ1) is 19.0. The first-order valence-electron chi connectivity index (χ1n) is 7.45. The summed E-state index contributed by atoms with van der Waals surface area (Å²) in [7, 11) is 1.44. The maximum Gasteiger partial charge on any atom is 0.293 e. The lowest BCUT2D eigenvalue weighted by Crippen LogP contribution is -2.27. The van der Waals surface area contributed by atoms with Crippen LogP contribution in [0, 0.1) is 0 Å². The number of aromatic hydroxyl groups is 1. The van der Waals surface area contributed by atoms with Gasteiger partial charge in [-0.1, -0.05) is 28.1 Å². The van der Waals surface area contributed by atoms with Crippen LogP contribution in [0.2, 0.25) is 0 Å². The van der Waals surface area contributed by atoms with Crippen molar-refractivity contribution in [1.82, 2.24) is 4.90 Å². The van der Waals surface area contributed by atoms with Crippen molar-refractivity contribution >= 4 is 60.8 Å². The Hall–Kier alpha value is -1.77. The van der Waals surface area contributed by atoms with E-state index in [-0.39, 0.29) is 29.2 Å². The topological polar surface area (TPSA) is 66.8 Å². The number of ether oxygens (including phenoxy) is 1. The molecular formula is C18H13Br2NO4S. The van der Waals surface area contributed by atoms with Crippen LogP contribution in [-0.2, 0) is 11.3 Å². The van der Waals surface area contributed by atoms with Gasteiger partial charge in [-0.3, -0.25) is 14.5 Å². The van der Waals surface area contributed by atoms with Crippen molar-refractivity contribution in [2.45, 2.75) is 6.54 Å². The van der Waals surface area contributed by atoms with Crippen molar-refractivity contribution in [3.8, 4) is 11.5 Å². The van der Waals surface area contributed by atoms with E-state index < -0.39 is 0 Å². The van der Waals surface area contributed by atoms with Gasteiger partial charge in [-0.2, -0.15) is 0 Å². The molecule has 1 aliphatic heterocycles. The molecule has 2 aromatic carbocycles. The Balaban J connectivity index is 1.85. The third-order valence-corrected chi connectivity index (χ3v) is 5.74. The lowest BCUT2D eigenvalue weighted by atomic mass is 10.1. The number of carbonyl (C=O) groups is 2. The summed E-state index contributed by atoms with van der Waals surface area (Å²) < 4.78 is 6.48. The standard InChI is InChI=1S/C18H13Br2NO4S/c1-25-14-7-11(6-13(20)16(14)22)8-15-17(23)21(18(24)26-15)9-10-2-4-12(19)5-3-10/h2-8,22H,9H2,1H3/b15-8-. The molecule has 0 radical (unpaired) electrons. The lowest BCUT2D eigenvalue weighted by molar-refractivity contribution is -0.123. The highest BCUT2D eigenvalue weighted by Gasteiger charge is 2.35. The van der Waals surface area contributed by atoms with Gasteiger partial charge in [0.25, 0.3) is 11.1 Å². The minimum atomic E-state index is -0.342. The molecule has 5 nitrogen and oxygen atoms in total. The predicted octanol–water partition coefficient (Wildman–Crippen LogP) is 5.16. The van der Waals surface area contributed by atoms with Gasteiger partial charge in [0.15, 0.2) is 11.5 Å². The number of halogens is 2. The summed E-state index contributed by atoms with van der Waals surface area (Å²) >= 11 is 7.50. The molecule has 0 unspecified atom stereocenters. The number of benzene rings is 2. The summed E-state index contributed by atoms with van der Waals surface area (Å²) in [4.78, 5) is 26.4. The second kappa shape index (κ2) is 7.85. The van der Waals surface area contributed by atoms with Gasteiger partial charge in [0.2, 0.25) is 0 Å². The van der Waals surface area contributed by atoms with Crippen molar-refractivity contribution in [3.63, 3.8) is 0 Å². The number of nitrogens with zero attached hydrogens (tertiary/aromatic N) is 1. The number of methoxy groups -OCH3 is 1. The van der Waals surface area contributed by atoms with E-state index in [1.807, 2.05) is 24.3 Å². The molecule has 1 aliphatic rings. The third kappa shape index (κ3) is 3.97. The first-order valence-corrected chi connectivity index (χ1v) is 9.85. The maximum atomic E-state index is 12.6. The van der Waals surface area contributed by atoms with Crippen LogP contribution in [0.1, 0.15) is 11.1 Å². The van der Waals surface area contributed by atoms with Crippen LogP contribution < -0.4 is 4.74 Å². The number of amides is 2. The number of hydrogen-bond donors (Lipinski definition) is 1. The molecule has 2 amide bonds. The number of phenols is 1. The maximum absolute atomic E-state index is 12.6. The Bertz CT molecular complexity index is 912. The average Bonchev–Trinajstić information content (AvgIpc) is 2.87. The van der Waals surface area contributed by atoms with Crippen molar-refractivity contribution in [2.75, 3.05) is 7.11 Å². The fraction of sp³-hybridized carbons (Fsp3) is 0.111. The molecule has 134 valence electrons. The zero-order valence-corrected chi connectivity index (χ0v) is 17.5. The lowest BCUT2D eigenvalue weighted by Gasteiger charge is -2.12. The van der Waals surface area contributed by atoms with Gasteiger partial charge in [0.05, 0.1) is 23.0 Å². The molecule has 2 aromatic rings. The van der Waals surface area contributed by atoms with Gasteiger partial charge >= 0.3 is 0 Å². The first-order chi connectivity index (χ1) is 12.4. The molecule has 0 spiro atoms. The van der Waals surface area contributed by atoms with Crippen LogP contribution in [0.25, 0.3) is 6.08 Å². The van der Waals surface area contributed by atoms with Gasteiger partial charge in [0, 0.05) is 4.47 Å². The molecule has 8 heteroatoms. The quantitative estimate of drug-likeness (QED) is 0.589. The highest BCUT2D eigenvalue weighted by molar-refractivity contribution is 9.10. The van der Waals surface area contributed by atoms with Crippen LogP contribution in [-0.4, -0.2) is 28.3 Å². The molecule has 0 saturated carbocycles. The van der Waals surface area contributed by atoms with Crippen molar-refractivity contribution < 1.29 is 19.4 Å². The number of phenolic OH excluding ortho intramolecular Hbond substituents is 1. The SMILES string of the molecule is COc1cc(/C=C2\SC(=O)N(Cc3ccc(Br)cc3)C2=O)cc(Br)c1O. The second-order valence-electron chi connectivity index (χ2n) is 5.45. The fourth-order valence-corrected chi connectivity index (χ4v) is 3.96. The molecule has 1 N–H and O–H groups in total. The van der Waals surface area contributed by atoms with Gasteiger partial charge in [-0.25, -0.2) is 0 Å². The highest BCUT2D eigenvalue weighted by Crippen LogP contribution is 2.38. The van der Waals surface area contributed by atoms with E-state index in [2.05, 4.69) is 31.9 Å². The van der Waals surface area contributed by atoms with E-state index in [9.17, 15) is 14.7 Å². The normalized spacial score (nSPS) is 15.8. The molecule has 1 saturated heterocycles. The van der Waals surface area contributed by atoms with Crippen molar-refractivity contribution in [2.24, 2.45) is 0 Å². The summed E-state index contributed by atoms with van der Waals surface area (Å²) in [6, 6.07) is 10.7. The van der Waals surface area contributed by atoms with E-state index in [1.54, 1.807) is 18.2 Å². The molecule has 26 heavy (non-hydrogen) atoms. The summed E-state index contributed by atoms with van der Waals surface area (Å²) in [6.07, 6.45) is 1.61. The van der Waals surface area contributed by atoms with Crippen LogP contribution in [0.5, 0.6) is 11.5 Å². The number of thioether (sulfide) groups is 1. The monoisotopic (exact) mass is 497 g/mol. The smallest absolute Gasteiger partial charge is 0.293 e. The molecular weight excluding hydrogens is 486 g/mol. The van der Waals surface area contributed by atoms with E-state index >= 15 is 0 Å².